The molecule has 0 spiro atoms. The molecule has 4 rings (SSSR count). The molecule has 0 radical (unpaired) electrons. The van der Waals surface area contributed by atoms with Crippen LogP contribution in [-0.4, -0.2) is 66.2 Å². The zero-order chi connectivity index (χ0) is 23.4. The SMILES string of the molecule is COc1ccc(CCC(O)[C@H]2O[C@@H]3SC(N(C)C)=N[C@@H]3[C@@H](OCc3ccccc3)[C@@H]2C)cc1. The van der Waals surface area contributed by atoms with Crippen LogP contribution in [0, 0.1) is 5.92 Å². The molecule has 1 saturated heterocycles. The van der Waals surface area contributed by atoms with Crippen molar-refractivity contribution in [1.82, 2.24) is 4.90 Å². The fraction of sp³-hybridized carbons (Fsp3) is 0.500. The molecule has 2 aromatic rings. The Morgan fingerprint density at radius 3 is 2.48 bits per heavy atom. The summed E-state index contributed by atoms with van der Waals surface area (Å²) in [6.07, 6.45) is 0.364. The summed E-state index contributed by atoms with van der Waals surface area (Å²) < 4.78 is 18.1. The van der Waals surface area contributed by atoms with Gasteiger partial charge in [0.25, 0.3) is 0 Å². The molecular formula is C26H34N2O4S. The van der Waals surface area contributed by atoms with Crippen molar-refractivity contribution < 1.29 is 19.3 Å². The summed E-state index contributed by atoms with van der Waals surface area (Å²) >= 11 is 1.62. The summed E-state index contributed by atoms with van der Waals surface area (Å²) in [6.45, 7) is 2.63. The monoisotopic (exact) mass is 470 g/mol. The topological polar surface area (TPSA) is 63.5 Å². The lowest BCUT2D eigenvalue weighted by atomic mass is 9.85. The van der Waals surface area contributed by atoms with Crippen LogP contribution < -0.4 is 4.74 Å². The highest BCUT2D eigenvalue weighted by molar-refractivity contribution is 8.14. The number of rotatable bonds is 8. The maximum Gasteiger partial charge on any atom is 0.161 e. The normalized spacial score (nSPS) is 27.5. The highest BCUT2D eigenvalue weighted by Gasteiger charge is 2.50. The zero-order valence-corrected chi connectivity index (χ0v) is 20.6. The van der Waals surface area contributed by atoms with Crippen molar-refractivity contribution in [2.45, 2.75) is 56.2 Å². The second-order valence-electron chi connectivity index (χ2n) is 8.96. The van der Waals surface area contributed by atoms with E-state index in [0.717, 1.165) is 22.9 Å². The standard InChI is InChI=1S/C26H34N2O4S/c1-17-23(21(29)15-12-18-10-13-20(30-4)14-11-18)32-25-22(27-26(33-25)28(2)3)24(17)31-16-19-8-6-5-7-9-19/h5-11,13-14,17,21-25,29H,12,15-16H2,1-4H3/t17-,21?,22-,23+,24+,25-/m1/s1. The number of amidine groups is 1. The van der Waals surface area contributed by atoms with E-state index < -0.39 is 6.10 Å². The molecule has 0 bridgehead atoms. The zero-order valence-electron chi connectivity index (χ0n) is 19.8. The van der Waals surface area contributed by atoms with Gasteiger partial charge in [-0.25, -0.2) is 0 Å². The second kappa shape index (κ2) is 10.9. The first-order valence-electron chi connectivity index (χ1n) is 11.5. The molecular weight excluding hydrogens is 436 g/mol. The van der Waals surface area contributed by atoms with Gasteiger partial charge in [-0.3, -0.25) is 4.99 Å². The number of aliphatic imine (C=N–C) groups is 1. The predicted molar refractivity (Wildman–Crippen MR) is 133 cm³/mol. The van der Waals surface area contributed by atoms with Gasteiger partial charge in [0.2, 0.25) is 0 Å². The lowest BCUT2D eigenvalue weighted by molar-refractivity contribution is -0.169. The molecule has 0 aliphatic carbocycles. The Kier molecular flexibility index (Phi) is 7.96. The molecule has 0 aromatic heterocycles. The molecule has 2 aliphatic rings. The highest BCUT2D eigenvalue weighted by atomic mass is 32.2. The van der Waals surface area contributed by atoms with E-state index in [4.69, 9.17) is 19.2 Å². The fourth-order valence-electron chi connectivity index (χ4n) is 4.46. The highest BCUT2D eigenvalue weighted by Crippen LogP contribution is 2.42. The Morgan fingerprint density at radius 1 is 1.09 bits per heavy atom. The number of ether oxygens (including phenoxy) is 3. The van der Waals surface area contributed by atoms with E-state index in [9.17, 15) is 5.11 Å². The Balaban J connectivity index is 1.45. The van der Waals surface area contributed by atoms with Crippen LogP contribution in [0.2, 0.25) is 0 Å². The van der Waals surface area contributed by atoms with E-state index >= 15 is 0 Å². The van der Waals surface area contributed by atoms with E-state index in [1.807, 2.05) is 61.5 Å². The number of aryl methyl sites for hydroxylation is 1. The molecule has 7 heteroatoms. The minimum absolute atomic E-state index is 0.00620. The fourth-order valence-corrected chi connectivity index (χ4v) is 5.60. The summed E-state index contributed by atoms with van der Waals surface area (Å²) in [5, 5.41) is 12.1. The quantitative estimate of drug-likeness (QED) is 0.630. The average Bonchev–Trinajstić information content (AvgIpc) is 3.27. The smallest absolute Gasteiger partial charge is 0.161 e. The average molecular weight is 471 g/mol. The van der Waals surface area contributed by atoms with Crippen molar-refractivity contribution in [2.75, 3.05) is 21.2 Å². The summed E-state index contributed by atoms with van der Waals surface area (Å²) in [5.41, 5.74) is 2.15. The van der Waals surface area contributed by atoms with Gasteiger partial charge in [-0.2, -0.15) is 0 Å². The summed E-state index contributed by atoms with van der Waals surface area (Å²) in [4.78, 5) is 6.93. The van der Waals surface area contributed by atoms with Crippen molar-refractivity contribution in [3.05, 3.63) is 65.7 Å². The van der Waals surface area contributed by atoms with Crippen molar-refractivity contribution in [3.8, 4) is 5.75 Å². The Bertz CT molecular complexity index is 922. The first kappa shape index (κ1) is 24.1. The van der Waals surface area contributed by atoms with Crippen molar-refractivity contribution in [2.24, 2.45) is 10.9 Å². The molecule has 178 valence electrons. The summed E-state index contributed by atoms with van der Waals surface area (Å²) in [7, 11) is 5.65. The lowest BCUT2D eigenvalue weighted by Gasteiger charge is -2.43. The van der Waals surface area contributed by atoms with Gasteiger partial charge in [0.05, 0.1) is 32.0 Å². The van der Waals surface area contributed by atoms with Crippen molar-refractivity contribution >= 4 is 16.9 Å². The number of hydrogen-bond acceptors (Lipinski definition) is 7. The lowest BCUT2D eigenvalue weighted by Crippen LogP contribution is -2.55. The van der Waals surface area contributed by atoms with E-state index in [2.05, 4.69) is 19.1 Å². The van der Waals surface area contributed by atoms with Crippen LogP contribution in [0.3, 0.4) is 0 Å². The summed E-state index contributed by atoms with van der Waals surface area (Å²) in [5.74, 6) is 0.842. The largest absolute Gasteiger partial charge is 0.497 e. The van der Waals surface area contributed by atoms with Crippen molar-refractivity contribution in [1.29, 1.82) is 0 Å². The number of fused-ring (bicyclic) bond motifs is 1. The van der Waals surface area contributed by atoms with E-state index in [0.29, 0.717) is 13.0 Å². The van der Waals surface area contributed by atoms with Crippen LogP contribution in [0.25, 0.3) is 0 Å². The molecule has 0 saturated carbocycles. The predicted octanol–water partition coefficient (Wildman–Crippen LogP) is 3.97. The number of nitrogens with zero attached hydrogens (tertiary/aromatic N) is 2. The van der Waals surface area contributed by atoms with Gasteiger partial charge in [0.15, 0.2) is 5.17 Å². The van der Waals surface area contributed by atoms with Crippen molar-refractivity contribution in [3.63, 3.8) is 0 Å². The van der Waals surface area contributed by atoms with Crippen LogP contribution in [0.4, 0.5) is 0 Å². The van der Waals surface area contributed by atoms with Gasteiger partial charge in [0, 0.05) is 20.0 Å². The van der Waals surface area contributed by atoms with Gasteiger partial charge >= 0.3 is 0 Å². The van der Waals surface area contributed by atoms with Gasteiger partial charge in [-0.1, -0.05) is 61.2 Å². The molecule has 2 aliphatic heterocycles. The van der Waals surface area contributed by atoms with E-state index in [1.165, 1.54) is 5.56 Å². The third-order valence-corrected chi connectivity index (χ3v) is 7.66. The number of hydrogen-bond donors (Lipinski definition) is 1. The van der Waals surface area contributed by atoms with Crippen LogP contribution >= 0.6 is 11.8 Å². The number of aliphatic hydroxyl groups is 1. The van der Waals surface area contributed by atoms with E-state index in [1.54, 1.807) is 18.9 Å². The maximum atomic E-state index is 11.1. The van der Waals surface area contributed by atoms with Crippen LogP contribution in [0.5, 0.6) is 5.75 Å². The molecule has 33 heavy (non-hydrogen) atoms. The Morgan fingerprint density at radius 2 is 1.82 bits per heavy atom. The number of aliphatic hydroxyl groups excluding tert-OH is 1. The van der Waals surface area contributed by atoms with Gasteiger partial charge in [-0.15, -0.1) is 0 Å². The number of thioether (sulfide) groups is 1. The molecule has 6 atom stereocenters. The Hall–Kier alpha value is -2.06. The molecule has 2 heterocycles. The molecule has 2 aromatic carbocycles. The minimum Gasteiger partial charge on any atom is -0.497 e. The number of benzene rings is 2. The van der Waals surface area contributed by atoms with E-state index in [-0.39, 0.29) is 29.6 Å². The Labute approximate surface area is 200 Å². The number of methoxy groups -OCH3 is 1. The first-order chi connectivity index (χ1) is 16.0. The molecule has 6 nitrogen and oxygen atoms in total. The van der Waals surface area contributed by atoms with Gasteiger partial charge < -0.3 is 24.2 Å². The maximum absolute atomic E-state index is 11.1. The third-order valence-electron chi connectivity index (χ3n) is 6.36. The minimum atomic E-state index is -0.588. The van der Waals surface area contributed by atoms with Gasteiger partial charge in [0.1, 0.15) is 17.2 Å². The second-order valence-corrected chi connectivity index (χ2v) is 10.0. The van der Waals surface area contributed by atoms with Crippen LogP contribution in [-0.2, 0) is 22.5 Å². The van der Waals surface area contributed by atoms with Crippen LogP contribution in [0.1, 0.15) is 24.5 Å². The van der Waals surface area contributed by atoms with Gasteiger partial charge in [-0.05, 0) is 36.1 Å². The summed E-state index contributed by atoms with van der Waals surface area (Å²) in [6, 6.07) is 18.1. The molecule has 1 N–H and O–H groups in total. The molecule has 0 amide bonds. The third kappa shape index (κ3) is 5.72. The molecule has 1 fully saturated rings. The first-order valence-corrected chi connectivity index (χ1v) is 12.4. The molecule has 1 unspecified atom stereocenters. The van der Waals surface area contributed by atoms with Crippen LogP contribution in [0.15, 0.2) is 59.6 Å².